The molecule has 2 fully saturated rings. The number of ether oxygens (including phenoxy) is 1. The zero-order valence-corrected chi connectivity index (χ0v) is 10.7. The normalized spacial score (nSPS) is 32.7. The molecule has 3 rings (SSSR count). The van der Waals surface area contributed by atoms with Gasteiger partial charge in [-0.15, -0.1) is 0 Å². The Labute approximate surface area is 111 Å². The van der Waals surface area contributed by atoms with Crippen LogP contribution in [0.5, 0.6) is 0 Å². The molecular weight excluding hydrogens is 244 g/mol. The van der Waals surface area contributed by atoms with Crippen LogP contribution in [0.2, 0.25) is 0 Å². The van der Waals surface area contributed by atoms with E-state index in [1.165, 1.54) is 0 Å². The SMILES string of the molecule is NC1(CCc2ccccc2[N+](=O)[O-])CC2CCC1O2. The van der Waals surface area contributed by atoms with Gasteiger partial charge in [-0.2, -0.15) is 0 Å². The number of fused-ring (bicyclic) bond motifs is 2. The number of hydrogen-bond donors (Lipinski definition) is 1. The Morgan fingerprint density at radius 3 is 2.84 bits per heavy atom. The quantitative estimate of drug-likeness (QED) is 0.666. The highest BCUT2D eigenvalue weighted by molar-refractivity contribution is 5.40. The first-order chi connectivity index (χ1) is 9.08. The van der Waals surface area contributed by atoms with E-state index in [-0.39, 0.29) is 22.3 Å². The molecule has 0 aromatic heterocycles. The standard InChI is InChI=1S/C14H18N2O3/c15-14(9-11-5-6-13(14)19-11)8-7-10-3-1-2-4-12(10)16(17)18/h1-4,11,13H,5-9,15H2. The summed E-state index contributed by atoms with van der Waals surface area (Å²) < 4.78 is 5.80. The lowest BCUT2D eigenvalue weighted by atomic mass is 9.78. The maximum atomic E-state index is 11.0. The third-order valence-electron chi connectivity index (χ3n) is 4.40. The van der Waals surface area contributed by atoms with Gasteiger partial charge in [-0.3, -0.25) is 10.1 Å². The van der Waals surface area contributed by atoms with Gasteiger partial charge in [-0.25, -0.2) is 0 Å². The average Bonchev–Trinajstić information content (AvgIpc) is 2.97. The Morgan fingerprint density at radius 1 is 1.42 bits per heavy atom. The molecule has 3 unspecified atom stereocenters. The summed E-state index contributed by atoms with van der Waals surface area (Å²) in [5.41, 5.74) is 7.08. The molecule has 1 aromatic carbocycles. The van der Waals surface area contributed by atoms with Crippen molar-refractivity contribution in [3.05, 3.63) is 39.9 Å². The molecule has 0 saturated carbocycles. The van der Waals surface area contributed by atoms with Crippen LogP contribution in [0.3, 0.4) is 0 Å². The van der Waals surface area contributed by atoms with E-state index in [1.54, 1.807) is 12.1 Å². The van der Waals surface area contributed by atoms with E-state index >= 15 is 0 Å². The maximum absolute atomic E-state index is 11.0. The van der Waals surface area contributed by atoms with Crippen LogP contribution in [0.1, 0.15) is 31.2 Å². The van der Waals surface area contributed by atoms with E-state index in [2.05, 4.69) is 0 Å². The number of benzene rings is 1. The molecule has 19 heavy (non-hydrogen) atoms. The van der Waals surface area contributed by atoms with Gasteiger partial charge in [0, 0.05) is 17.2 Å². The lowest BCUT2D eigenvalue weighted by molar-refractivity contribution is -0.385. The van der Waals surface area contributed by atoms with E-state index < -0.39 is 0 Å². The van der Waals surface area contributed by atoms with Crippen molar-refractivity contribution in [2.45, 2.75) is 49.9 Å². The minimum Gasteiger partial charge on any atom is -0.373 e. The fourth-order valence-electron chi connectivity index (χ4n) is 3.36. The Kier molecular flexibility index (Phi) is 3.03. The summed E-state index contributed by atoms with van der Waals surface area (Å²) in [6, 6.07) is 6.90. The molecule has 0 amide bonds. The van der Waals surface area contributed by atoms with Gasteiger partial charge in [-0.1, -0.05) is 18.2 Å². The van der Waals surface area contributed by atoms with E-state index in [1.807, 2.05) is 12.1 Å². The molecule has 2 aliphatic rings. The minimum atomic E-state index is -0.324. The fraction of sp³-hybridized carbons (Fsp3) is 0.571. The van der Waals surface area contributed by atoms with Gasteiger partial charge in [0.1, 0.15) is 0 Å². The predicted molar refractivity (Wildman–Crippen MR) is 70.8 cm³/mol. The van der Waals surface area contributed by atoms with Crippen molar-refractivity contribution < 1.29 is 9.66 Å². The Bertz CT molecular complexity index is 505. The van der Waals surface area contributed by atoms with Gasteiger partial charge in [0.25, 0.3) is 5.69 Å². The summed E-state index contributed by atoms with van der Waals surface area (Å²) in [6.07, 6.45) is 4.85. The molecule has 2 aliphatic heterocycles. The molecule has 0 spiro atoms. The van der Waals surface area contributed by atoms with Crippen LogP contribution in [-0.4, -0.2) is 22.7 Å². The zero-order chi connectivity index (χ0) is 13.5. The molecule has 3 atom stereocenters. The third kappa shape index (κ3) is 2.24. The van der Waals surface area contributed by atoms with Crippen molar-refractivity contribution in [1.29, 1.82) is 0 Å². The van der Waals surface area contributed by atoms with Crippen LogP contribution in [0.15, 0.2) is 24.3 Å². The fourth-order valence-corrected chi connectivity index (χ4v) is 3.36. The molecule has 2 saturated heterocycles. The van der Waals surface area contributed by atoms with Crippen molar-refractivity contribution in [3.63, 3.8) is 0 Å². The summed E-state index contributed by atoms with van der Waals surface area (Å²) in [5, 5.41) is 11.0. The molecule has 2 bridgehead atoms. The first kappa shape index (κ1) is 12.6. The first-order valence-corrected chi connectivity index (χ1v) is 6.75. The zero-order valence-electron chi connectivity index (χ0n) is 10.7. The summed E-state index contributed by atoms with van der Waals surface area (Å²) in [5.74, 6) is 0. The molecule has 0 radical (unpaired) electrons. The van der Waals surface area contributed by atoms with Crippen molar-refractivity contribution >= 4 is 5.69 Å². The topological polar surface area (TPSA) is 78.4 Å². The van der Waals surface area contributed by atoms with E-state index in [0.717, 1.165) is 31.2 Å². The minimum absolute atomic E-state index is 0.139. The number of aryl methyl sites for hydroxylation is 1. The predicted octanol–water partition coefficient (Wildman–Crippen LogP) is 2.18. The Morgan fingerprint density at radius 2 is 2.21 bits per heavy atom. The van der Waals surface area contributed by atoms with Crippen LogP contribution < -0.4 is 5.73 Å². The molecule has 2 N–H and O–H groups in total. The number of para-hydroxylation sites is 1. The van der Waals surface area contributed by atoms with Crippen molar-refractivity contribution in [1.82, 2.24) is 0 Å². The smallest absolute Gasteiger partial charge is 0.272 e. The van der Waals surface area contributed by atoms with Crippen molar-refractivity contribution in [3.8, 4) is 0 Å². The van der Waals surface area contributed by atoms with E-state index in [4.69, 9.17) is 10.5 Å². The Balaban J connectivity index is 1.71. The van der Waals surface area contributed by atoms with Crippen molar-refractivity contribution in [2.24, 2.45) is 5.73 Å². The molecule has 5 heteroatoms. The summed E-state index contributed by atoms with van der Waals surface area (Å²) in [6.45, 7) is 0. The number of rotatable bonds is 4. The second kappa shape index (κ2) is 4.58. The van der Waals surface area contributed by atoms with Crippen LogP contribution in [0.25, 0.3) is 0 Å². The average molecular weight is 262 g/mol. The largest absolute Gasteiger partial charge is 0.373 e. The third-order valence-corrected chi connectivity index (χ3v) is 4.40. The monoisotopic (exact) mass is 262 g/mol. The molecule has 1 aromatic rings. The van der Waals surface area contributed by atoms with Gasteiger partial charge < -0.3 is 10.5 Å². The van der Waals surface area contributed by atoms with Crippen LogP contribution in [0, 0.1) is 10.1 Å². The first-order valence-electron chi connectivity index (χ1n) is 6.75. The van der Waals surface area contributed by atoms with Gasteiger partial charge >= 0.3 is 0 Å². The van der Waals surface area contributed by atoms with Gasteiger partial charge in [0.15, 0.2) is 0 Å². The van der Waals surface area contributed by atoms with Crippen LogP contribution in [-0.2, 0) is 11.2 Å². The summed E-state index contributed by atoms with van der Waals surface area (Å²) in [4.78, 5) is 10.7. The Hall–Kier alpha value is -1.46. The van der Waals surface area contributed by atoms with Crippen LogP contribution in [0.4, 0.5) is 5.69 Å². The molecule has 2 heterocycles. The lowest BCUT2D eigenvalue weighted by Gasteiger charge is -2.31. The molecule has 102 valence electrons. The molecule has 0 aliphatic carbocycles. The highest BCUT2D eigenvalue weighted by Gasteiger charge is 2.49. The number of nitro groups is 1. The van der Waals surface area contributed by atoms with Gasteiger partial charge in [0.05, 0.1) is 17.1 Å². The number of nitrogens with zero attached hydrogens (tertiary/aromatic N) is 1. The second-order valence-corrected chi connectivity index (χ2v) is 5.65. The highest BCUT2D eigenvalue weighted by Crippen LogP contribution is 2.42. The van der Waals surface area contributed by atoms with E-state index in [0.29, 0.717) is 12.5 Å². The second-order valence-electron chi connectivity index (χ2n) is 5.65. The van der Waals surface area contributed by atoms with Gasteiger partial charge in [-0.05, 0) is 32.1 Å². The van der Waals surface area contributed by atoms with Crippen LogP contribution >= 0.6 is 0 Å². The lowest BCUT2D eigenvalue weighted by Crippen LogP contribution is -2.48. The number of nitro benzene ring substituents is 1. The number of hydrogen-bond acceptors (Lipinski definition) is 4. The van der Waals surface area contributed by atoms with Crippen molar-refractivity contribution in [2.75, 3.05) is 0 Å². The van der Waals surface area contributed by atoms with Gasteiger partial charge in [0.2, 0.25) is 0 Å². The molecule has 5 nitrogen and oxygen atoms in total. The summed E-state index contributed by atoms with van der Waals surface area (Å²) in [7, 11) is 0. The van der Waals surface area contributed by atoms with E-state index in [9.17, 15) is 10.1 Å². The summed E-state index contributed by atoms with van der Waals surface area (Å²) >= 11 is 0. The highest BCUT2D eigenvalue weighted by atomic mass is 16.6. The maximum Gasteiger partial charge on any atom is 0.272 e. The number of nitrogens with two attached hydrogens (primary N) is 1. The molecular formula is C14H18N2O3.